The fraction of sp³-hybridized carbons (Fsp3) is 0.958. The van der Waals surface area contributed by atoms with Crippen LogP contribution in [0.25, 0.3) is 0 Å². The molecule has 0 spiro atoms. The summed E-state index contributed by atoms with van der Waals surface area (Å²) < 4.78 is 1.02. The highest BCUT2D eigenvalue weighted by molar-refractivity contribution is 5.75. The number of carbonyl (C=O) groups is 1. The van der Waals surface area contributed by atoms with Gasteiger partial charge >= 0.3 is 0 Å². The Bertz CT molecular complexity index is 335. The number of halogens is 1. The molecule has 0 bridgehead atoms. The Morgan fingerprint density at radius 3 is 1.57 bits per heavy atom. The zero-order chi connectivity index (χ0) is 20.2. The maximum absolute atomic E-state index is 12.0. The second-order valence-corrected chi connectivity index (χ2v) is 9.08. The van der Waals surface area contributed by atoms with Crippen LogP contribution in [0.15, 0.2) is 0 Å². The van der Waals surface area contributed by atoms with Crippen molar-refractivity contribution in [2.75, 3.05) is 33.7 Å². The van der Waals surface area contributed by atoms with Gasteiger partial charge in [0.25, 0.3) is 0 Å². The topological polar surface area (TPSA) is 29.1 Å². The van der Waals surface area contributed by atoms with E-state index in [2.05, 4.69) is 33.3 Å². The first-order chi connectivity index (χ1) is 13.0. The third-order valence-corrected chi connectivity index (χ3v) is 5.66. The van der Waals surface area contributed by atoms with Crippen LogP contribution in [0.1, 0.15) is 117 Å². The molecule has 1 N–H and O–H groups in total. The van der Waals surface area contributed by atoms with Crippen LogP contribution in [0.4, 0.5) is 0 Å². The molecule has 28 heavy (non-hydrogen) atoms. The fourth-order valence-electron chi connectivity index (χ4n) is 3.61. The average Bonchev–Trinajstić information content (AvgIpc) is 2.63. The molecule has 0 fully saturated rings. The maximum atomic E-state index is 12.0. The molecule has 0 saturated carbocycles. The standard InChI is InChI=1S/C24H50N2O.BrH/c1-5-7-9-11-13-14-15-16-18-20-24(27)25-21-23-26(3,4)22-19-17-12-10-8-6-2;/h5-23H2,1-4H3;1H. The minimum absolute atomic E-state index is 0. The zero-order valence-electron chi connectivity index (χ0n) is 19.7. The fourth-order valence-corrected chi connectivity index (χ4v) is 3.61. The van der Waals surface area contributed by atoms with Crippen molar-refractivity contribution >= 4 is 5.91 Å². The van der Waals surface area contributed by atoms with Crippen LogP contribution in [0.2, 0.25) is 0 Å². The van der Waals surface area contributed by atoms with E-state index in [1.54, 1.807) is 0 Å². The molecule has 0 aromatic rings. The number of rotatable bonds is 20. The number of likely N-dealkylation sites (N-methyl/N-ethyl adjacent to an activating group) is 1. The Kier molecular flexibility index (Phi) is 23.2. The van der Waals surface area contributed by atoms with Gasteiger partial charge in [-0.25, -0.2) is 0 Å². The minimum atomic E-state index is 0. The lowest BCUT2D eigenvalue weighted by atomic mass is 10.1. The molecule has 0 aromatic heterocycles. The van der Waals surface area contributed by atoms with Crippen LogP contribution in [-0.2, 0) is 4.79 Å². The monoisotopic (exact) mass is 462 g/mol. The summed E-state index contributed by atoms with van der Waals surface area (Å²) in [6.45, 7) is 7.61. The largest absolute Gasteiger partial charge is 1.00 e. The number of carbonyl (C=O) groups excluding carboxylic acids is 1. The molecule has 0 aliphatic carbocycles. The van der Waals surface area contributed by atoms with E-state index in [1.165, 1.54) is 96.4 Å². The zero-order valence-corrected chi connectivity index (χ0v) is 21.3. The predicted molar refractivity (Wildman–Crippen MR) is 120 cm³/mol. The average molecular weight is 464 g/mol. The molecular weight excluding hydrogens is 412 g/mol. The number of nitrogens with zero attached hydrogens (tertiary/aromatic N) is 1. The number of nitrogens with one attached hydrogen (secondary N) is 1. The van der Waals surface area contributed by atoms with Gasteiger partial charge < -0.3 is 26.8 Å². The second-order valence-electron chi connectivity index (χ2n) is 9.08. The van der Waals surface area contributed by atoms with E-state index in [0.29, 0.717) is 6.42 Å². The lowest BCUT2D eigenvalue weighted by molar-refractivity contribution is -0.889. The van der Waals surface area contributed by atoms with E-state index in [-0.39, 0.29) is 22.9 Å². The summed E-state index contributed by atoms with van der Waals surface area (Å²) in [7, 11) is 4.58. The first kappa shape index (κ1) is 30.1. The SMILES string of the molecule is CCCCCCCCCCCC(=O)NCC[N+](C)(C)CCCCCCCC.[Br-]. The van der Waals surface area contributed by atoms with Gasteiger partial charge in [-0.1, -0.05) is 90.9 Å². The van der Waals surface area contributed by atoms with Crippen molar-refractivity contribution in [3.63, 3.8) is 0 Å². The maximum Gasteiger partial charge on any atom is 0.220 e. The smallest absolute Gasteiger partial charge is 0.220 e. The van der Waals surface area contributed by atoms with E-state index in [0.717, 1.165) is 24.0 Å². The van der Waals surface area contributed by atoms with Crippen molar-refractivity contribution in [2.45, 2.75) is 117 Å². The second kappa shape index (κ2) is 21.6. The van der Waals surface area contributed by atoms with Crippen LogP contribution >= 0.6 is 0 Å². The number of hydrogen-bond acceptors (Lipinski definition) is 1. The van der Waals surface area contributed by atoms with Crippen molar-refractivity contribution < 1.29 is 26.3 Å². The first-order valence-corrected chi connectivity index (χ1v) is 12.1. The predicted octanol–water partition coefficient (Wildman–Crippen LogP) is 3.46. The van der Waals surface area contributed by atoms with Gasteiger partial charge in [0.2, 0.25) is 5.91 Å². The summed E-state index contributed by atoms with van der Waals surface area (Å²) in [5.41, 5.74) is 0. The summed E-state index contributed by atoms with van der Waals surface area (Å²) in [6.07, 6.45) is 20.6. The summed E-state index contributed by atoms with van der Waals surface area (Å²) in [6, 6.07) is 0. The number of unbranched alkanes of at least 4 members (excludes halogenated alkanes) is 13. The third-order valence-electron chi connectivity index (χ3n) is 5.66. The Hall–Kier alpha value is -0.0900. The highest BCUT2D eigenvalue weighted by Crippen LogP contribution is 2.10. The Morgan fingerprint density at radius 1 is 0.643 bits per heavy atom. The lowest BCUT2D eigenvalue weighted by Gasteiger charge is -2.30. The van der Waals surface area contributed by atoms with E-state index in [4.69, 9.17) is 0 Å². The van der Waals surface area contributed by atoms with Crippen molar-refractivity contribution in [1.82, 2.24) is 5.32 Å². The molecule has 1 amide bonds. The molecule has 3 nitrogen and oxygen atoms in total. The summed E-state index contributed by atoms with van der Waals surface area (Å²) in [5.74, 6) is 0.248. The Morgan fingerprint density at radius 2 is 1.07 bits per heavy atom. The van der Waals surface area contributed by atoms with E-state index < -0.39 is 0 Å². The molecule has 0 aliphatic heterocycles. The van der Waals surface area contributed by atoms with Crippen molar-refractivity contribution in [1.29, 1.82) is 0 Å². The van der Waals surface area contributed by atoms with Gasteiger partial charge in [0.1, 0.15) is 0 Å². The number of quaternary nitrogens is 1. The lowest BCUT2D eigenvalue weighted by Crippen LogP contribution is -3.00. The molecule has 0 saturated heterocycles. The Balaban J connectivity index is 0. The summed E-state index contributed by atoms with van der Waals surface area (Å²) in [4.78, 5) is 12.0. The van der Waals surface area contributed by atoms with Crippen molar-refractivity contribution in [2.24, 2.45) is 0 Å². The molecule has 0 rings (SSSR count). The summed E-state index contributed by atoms with van der Waals surface area (Å²) >= 11 is 0. The van der Waals surface area contributed by atoms with E-state index >= 15 is 0 Å². The third kappa shape index (κ3) is 22.2. The van der Waals surface area contributed by atoms with Gasteiger partial charge in [-0.2, -0.15) is 0 Å². The quantitative estimate of drug-likeness (QED) is 0.217. The highest BCUT2D eigenvalue weighted by Gasteiger charge is 2.14. The molecule has 0 aliphatic rings. The van der Waals surface area contributed by atoms with Gasteiger partial charge in [0.15, 0.2) is 0 Å². The number of amides is 1. The van der Waals surface area contributed by atoms with Gasteiger partial charge in [-0.3, -0.25) is 4.79 Å². The highest BCUT2D eigenvalue weighted by atomic mass is 79.9. The van der Waals surface area contributed by atoms with Gasteiger partial charge in [0.05, 0.1) is 33.7 Å². The molecule has 0 atom stereocenters. The van der Waals surface area contributed by atoms with Gasteiger partial charge in [-0.15, -0.1) is 0 Å². The molecule has 0 unspecified atom stereocenters. The normalized spacial score (nSPS) is 11.3. The van der Waals surface area contributed by atoms with Crippen LogP contribution in [0.5, 0.6) is 0 Å². The van der Waals surface area contributed by atoms with Crippen LogP contribution in [0.3, 0.4) is 0 Å². The van der Waals surface area contributed by atoms with Crippen LogP contribution < -0.4 is 22.3 Å². The van der Waals surface area contributed by atoms with Crippen LogP contribution in [0, 0.1) is 0 Å². The molecule has 0 aromatic carbocycles. The molecule has 0 radical (unpaired) electrons. The molecule has 170 valence electrons. The number of hydrogen-bond donors (Lipinski definition) is 1. The molecule has 4 heteroatoms. The molecule has 0 heterocycles. The van der Waals surface area contributed by atoms with E-state index in [9.17, 15) is 4.79 Å². The van der Waals surface area contributed by atoms with Crippen LogP contribution in [-0.4, -0.2) is 44.1 Å². The van der Waals surface area contributed by atoms with Gasteiger partial charge in [0, 0.05) is 6.42 Å². The van der Waals surface area contributed by atoms with Gasteiger partial charge in [-0.05, 0) is 19.3 Å². The minimum Gasteiger partial charge on any atom is -1.00 e. The Labute approximate surface area is 187 Å². The first-order valence-electron chi connectivity index (χ1n) is 12.1. The molecular formula is C24H51BrN2O. The van der Waals surface area contributed by atoms with Crippen molar-refractivity contribution in [3.8, 4) is 0 Å². The summed E-state index contributed by atoms with van der Waals surface area (Å²) in [5, 5.41) is 3.13. The van der Waals surface area contributed by atoms with Crippen molar-refractivity contribution in [3.05, 3.63) is 0 Å². The van der Waals surface area contributed by atoms with E-state index in [1.807, 2.05) is 0 Å².